The quantitative estimate of drug-likeness (QED) is 0.617. The van der Waals surface area contributed by atoms with Crippen LogP contribution in [-0.2, 0) is 9.47 Å². The van der Waals surface area contributed by atoms with E-state index in [-0.39, 0.29) is 5.54 Å². The lowest BCUT2D eigenvalue weighted by molar-refractivity contribution is 0.0709. The van der Waals surface area contributed by atoms with E-state index in [9.17, 15) is 0 Å². The summed E-state index contributed by atoms with van der Waals surface area (Å²) in [6.45, 7) is 17.6. The molecule has 0 bridgehead atoms. The minimum absolute atomic E-state index is 0.209. The third kappa shape index (κ3) is 17.9. The van der Waals surface area contributed by atoms with Crippen LogP contribution in [0.3, 0.4) is 0 Å². The first-order valence-electron chi connectivity index (χ1n) is 7.61. The van der Waals surface area contributed by atoms with Crippen molar-refractivity contribution < 1.29 is 9.47 Å². The van der Waals surface area contributed by atoms with Crippen LogP contribution in [-0.4, -0.2) is 38.5 Å². The summed E-state index contributed by atoms with van der Waals surface area (Å²) in [4.78, 5) is 0. The fraction of sp³-hybridized carbons (Fsp3) is 1.00. The maximum atomic E-state index is 5.59. The third-order valence-electron chi connectivity index (χ3n) is 2.69. The highest BCUT2D eigenvalue weighted by Crippen LogP contribution is 2.17. The molecule has 0 saturated carbocycles. The molecular weight excluding hydrogens is 238 g/mol. The van der Waals surface area contributed by atoms with Crippen molar-refractivity contribution in [3.8, 4) is 0 Å². The molecule has 3 nitrogen and oxygen atoms in total. The Labute approximate surface area is 120 Å². The first-order chi connectivity index (χ1) is 8.71. The van der Waals surface area contributed by atoms with Crippen molar-refractivity contribution in [3.05, 3.63) is 0 Å². The summed E-state index contributed by atoms with van der Waals surface area (Å²) in [5.41, 5.74) is 0.581. The molecule has 116 valence electrons. The van der Waals surface area contributed by atoms with Gasteiger partial charge in [0.05, 0.1) is 0 Å². The summed E-state index contributed by atoms with van der Waals surface area (Å²) in [5.74, 6) is 0. The Kier molecular flexibility index (Phi) is 9.67. The van der Waals surface area contributed by atoms with Gasteiger partial charge in [-0.1, -0.05) is 20.8 Å². The zero-order chi connectivity index (χ0) is 14.8. The molecule has 0 spiro atoms. The Balaban J connectivity index is 3.12. The summed E-state index contributed by atoms with van der Waals surface area (Å²) >= 11 is 0. The summed E-state index contributed by atoms with van der Waals surface area (Å²) in [7, 11) is 0. The third-order valence-corrected chi connectivity index (χ3v) is 2.69. The average molecular weight is 273 g/mol. The van der Waals surface area contributed by atoms with Gasteiger partial charge in [0.15, 0.2) is 0 Å². The smallest absolute Gasteiger partial charge is 0.0487 e. The Hall–Kier alpha value is -0.120. The van der Waals surface area contributed by atoms with Gasteiger partial charge in [-0.15, -0.1) is 0 Å². The average Bonchev–Trinajstić information content (AvgIpc) is 2.22. The molecule has 0 aromatic carbocycles. The number of nitrogens with one attached hydrogen (secondary N) is 1. The van der Waals surface area contributed by atoms with Crippen LogP contribution in [0, 0.1) is 5.41 Å². The molecule has 0 fully saturated rings. The molecule has 0 aliphatic heterocycles. The van der Waals surface area contributed by atoms with E-state index in [2.05, 4.69) is 46.9 Å². The molecule has 0 atom stereocenters. The number of rotatable bonds is 10. The van der Waals surface area contributed by atoms with E-state index in [1.165, 1.54) is 0 Å². The number of hydrogen-bond donors (Lipinski definition) is 1. The summed E-state index contributed by atoms with van der Waals surface area (Å²) < 4.78 is 11.2. The van der Waals surface area contributed by atoms with Crippen molar-refractivity contribution in [1.82, 2.24) is 5.32 Å². The molecule has 0 unspecified atom stereocenters. The van der Waals surface area contributed by atoms with Gasteiger partial charge in [0.2, 0.25) is 0 Å². The van der Waals surface area contributed by atoms with Gasteiger partial charge in [-0.3, -0.25) is 0 Å². The molecule has 0 radical (unpaired) electrons. The van der Waals surface area contributed by atoms with Gasteiger partial charge in [0, 0.05) is 32.0 Å². The monoisotopic (exact) mass is 273 g/mol. The molecule has 3 heteroatoms. The lowest BCUT2D eigenvalue weighted by Crippen LogP contribution is -2.36. The highest BCUT2D eigenvalue weighted by Gasteiger charge is 2.09. The van der Waals surface area contributed by atoms with E-state index in [4.69, 9.17) is 9.47 Å². The first kappa shape index (κ1) is 18.9. The van der Waals surface area contributed by atoms with Crippen molar-refractivity contribution in [1.29, 1.82) is 0 Å². The van der Waals surface area contributed by atoms with Crippen molar-refractivity contribution >= 4 is 0 Å². The summed E-state index contributed by atoms with van der Waals surface area (Å²) in [6, 6.07) is 0. The van der Waals surface area contributed by atoms with Crippen LogP contribution in [0.15, 0.2) is 0 Å². The van der Waals surface area contributed by atoms with Gasteiger partial charge in [-0.25, -0.2) is 0 Å². The molecule has 19 heavy (non-hydrogen) atoms. The van der Waals surface area contributed by atoms with Crippen molar-refractivity contribution in [3.63, 3.8) is 0 Å². The number of ether oxygens (including phenoxy) is 2. The summed E-state index contributed by atoms with van der Waals surface area (Å²) in [6.07, 6.45) is 3.19. The minimum Gasteiger partial charge on any atom is -0.381 e. The predicted molar refractivity (Wildman–Crippen MR) is 82.7 cm³/mol. The molecule has 0 heterocycles. The Morgan fingerprint density at radius 3 is 1.79 bits per heavy atom. The zero-order valence-electron chi connectivity index (χ0n) is 14.0. The molecule has 0 aromatic rings. The predicted octanol–water partition coefficient (Wildman–Crippen LogP) is 3.62. The molecule has 0 aromatic heterocycles. The van der Waals surface area contributed by atoms with Crippen LogP contribution < -0.4 is 5.32 Å². The van der Waals surface area contributed by atoms with Crippen LogP contribution in [0.4, 0.5) is 0 Å². The van der Waals surface area contributed by atoms with E-state index in [0.29, 0.717) is 5.41 Å². The van der Waals surface area contributed by atoms with Crippen LogP contribution in [0.5, 0.6) is 0 Å². The van der Waals surface area contributed by atoms with E-state index in [1.807, 2.05) is 0 Å². The second-order valence-electron chi connectivity index (χ2n) is 7.42. The summed E-state index contributed by atoms with van der Waals surface area (Å²) in [5, 5.41) is 3.45. The molecule has 0 rings (SSSR count). The van der Waals surface area contributed by atoms with Gasteiger partial charge in [0.25, 0.3) is 0 Å². The normalized spacial score (nSPS) is 12.9. The molecule has 0 amide bonds. The van der Waals surface area contributed by atoms with Crippen molar-refractivity contribution in [2.45, 2.75) is 66.3 Å². The van der Waals surface area contributed by atoms with E-state index < -0.39 is 0 Å². The van der Waals surface area contributed by atoms with Gasteiger partial charge < -0.3 is 14.8 Å². The Morgan fingerprint density at radius 1 is 0.737 bits per heavy atom. The Morgan fingerprint density at radius 2 is 1.26 bits per heavy atom. The standard InChI is InChI=1S/C16H35NO2/c1-15(2,3)9-14-19-13-8-12-18-11-7-10-17-16(4,5)6/h17H,7-14H2,1-6H3. The SMILES string of the molecule is CC(C)(C)CCOCCCOCCCNC(C)(C)C. The minimum atomic E-state index is 0.209. The van der Waals surface area contributed by atoms with E-state index in [0.717, 1.165) is 52.2 Å². The lowest BCUT2D eigenvalue weighted by Gasteiger charge is -2.20. The van der Waals surface area contributed by atoms with Crippen molar-refractivity contribution in [2.75, 3.05) is 33.0 Å². The molecule has 0 aliphatic rings. The maximum absolute atomic E-state index is 5.59. The van der Waals surface area contributed by atoms with Gasteiger partial charge in [0.1, 0.15) is 0 Å². The molecular formula is C16H35NO2. The van der Waals surface area contributed by atoms with Gasteiger partial charge >= 0.3 is 0 Å². The maximum Gasteiger partial charge on any atom is 0.0487 e. The highest BCUT2D eigenvalue weighted by molar-refractivity contribution is 4.69. The van der Waals surface area contributed by atoms with Gasteiger partial charge in [-0.05, 0) is 52.0 Å². The Bertz CT molecular complexity index is 182. The van der Waals surface area contributed by atoms with Crippen molar-refractivity contribution in [2.24, 2.45) is 5.41 Å². The van der Waals surface area contributed by atoms with Crippen LogP contribution in [0.2, 0.25) is 0 Å². The molecule has 1 N–H and O–H groups in total. The fourth-order valence-corrected chi connectivity index (χ4v) is 1.48. The molecule has 0 saturated heterocycles. The largest absolute Gasteiger partial charge is 0.381 e. The number of hydrogen-bond acceptors (Lipinski definition) is 3. The van der Waals surface area contributed by atoms with E-state index >= 15 is 0 Å². The fourth-order valence-electron chi connectivity index (χ4n) is 1.48. The van der Waals surface area contributed by atoms with Gasteiger partial charge in [-0.2, -0.15) is 0 Å². The topological polar surface area (TPSA) is 30.5 Å². The first-order valence-corrected chi connectivity index (χ1v) is 7.61. The van der Waals surface area contributed by atoms with Crippen LogP contribution in [0.25, 0.3) is 0 Å². The van der Waals surface area contributed by atoms with Crippen LogP contribution in [0.1, 0.15) is 60.8 Å². The highest BCUT2D eigenvalue weighted by atomic mass is 16.5. The second kappa shape index (κ2) is 9.73. The van der Waals surface area contributed by atoms with E-state index in [1.54, 1.807) is 0 Å². The second-order valence-corrected chi connectivity index (χ2v) is 7.42. The lowest BCUT2D eigenvalue weighted by atomic mass is 9.93. The van der Waals surface area contributed by atoms with Crippen LogP contribution >= 0.6 is 0 Å². The zero-order valence-corrected chi connectivity index (χ0v) is 14.0. The molecule has 0 aliphatic carbocycles.